The third kappa shape index (κ3) is 6.37. The van der Waals surface area contributed by atoms with Gasteiger partial charge in [0.05, 0.1) is 47.3 Å². The van der Waals surface area contributed by atoms with E-state index < -0.39 is 36.0 Å². The number of imide groups is 1. The number of esters is 1. The van der Waals surface area contributed by atoms with Crippen LogP contribution in [0.3, 0.4) is 0 Å². The van der Waals surface area contributed by atoms with Crippen molar-refractivity contribution in [3.8, 4) is 0 Å². The lowest BCUT2D eigenvalue weighted by atomic mass is 9.87. The van der Waals surface area contributed by atoms with Gasteiger partial charge in [-0.1, -0.05) is 81.6 Å². The molecule has 43 heavy (non-hydrogen) atoms. The van der Waals surface area contributed by atoms with Crippen LogP contribution in [0.1, 0.15) is 67.1 Å². The molecule has 1 aromatic heterocycles. The van der Waals surface area contributed by atoms with Gasteiger partial charge in [0.15, 0.2) is 0 Å². The Kier molecular flexibility index (Phi) is 9.31. The number of hydrogen-bond donors (Lipinski definition) is 1. The first-order valence-electron chi connectivity index (χ1n) is 14.8. The summed E-state index contributed by atoms with van der Waals surface area (Å²) < 4.78 is 10.3. The first-order valence-corrected chi connectivity index (χ1v) is 14.8. The number of nitrogens with zero attached hydrogens (tertiary/aromatic N) is 3. The molecule has 224 valence electrons. The van der Waals surface area contributed by atoms with Crippen molar-refractivity contribution in [2.75, 3.05) is 13.7 Å². The highest BCUT2D eigenvalue weighted by atomic mass is 16.6. The number of aromatic nitrogens is 2. The van der Waals surface area contributed by atoms with E-state index in [4.69, 9.17) is 19.4 Å². The van der Waals surface area contributed by atoms with Crippen LogP contribution in [-0.2, 0) is 20.7 Å². The maximum Gasteiger partial charge on any atom is 0.416 e. The molecule has 3 aromatic carbocycles. The predicted molar refractivity (Wildman–Crippen MR) is 162 cm³/mol. The summed E-state index contributed by atoms with van der Waals surface area (Å²) in [7, 11) is 1.31. The maximum atomic E-state index is 14.2. The molecule has 9 nitrogen and oxygen atoms in total. The lowest BCUT2D eigenvalue weighted by Gasteiger charge is -2.29. The standard InChI is InChI=1S/C34H37N3O6/c1-4-21(2)11-8-16-26(32(39)37-23(20-43-34(37)41)19-22-12-6-5-7-13-22)31(38)24-14-9-17-27-29(24)35-28-18-10-15-25(30(28)36-27)33(40)42-3/h5-7,9-10,12-15,17-18,21,23,26,31,38H,4,8,11,16,19-20H2,1-3H3/t21-,23+,26-,31-/m1/s1. The molecule has 4 aromatic rings. The van der Waals surface area contributed by atoms with Crippen molar-refractivity contribution in [2.24, 2.45) is 11.8 Å². The lowest BCUT2D eigenvalue weighted by Crippen LogP contribution is -2.45. The minimum absolute atomic E-state index is 0.101. The molecule has 1 aliphatic rings. The third-order valence-electron chi connectivity index (χ3n) is 8.37. The highest BCUT2D eigenvalue weighted by Crippen LogP contribution is 2.35. The van der Waals surface area contributed by atoms with E-state index >= 15 is 0 Å². The molecule has 0 aliphatic carbocycles. The number of fused-ring (bicyclic) bond motifs is 2. The van der Waals surface area contributed by atoms with E-state index in [2.05, 4.69) is 13.8 Å². The Labute approximate surface area is 250 Å². The summed E-state index contributed by atoms with van der Waals surface area (Å²) in [5.41, 5.74) is 3.45. The summed E-state index contributed by atoms with van der Waals surface area (Å²) in [5, 5.41) is 11.9. The molecule has 4 atom stereocenters. The predicted octanol–water partition coefficient (Wildman–Crippen LogP) is 6.03. The van der Waals surface area contributed by atoms with Crippen molar-refractivity contribution in [2.45, 2.75) is 58.1 Å². The fraction of sp³-hybridized carbons (Fsp3) is 0.382. The van der Waals surface area contributed by atoms with E-state index in [1.165, 1.54) is 12.0 Å². The smallest absolute Gasteiger partial charge is 0.416 e. The normalized spacial score (nSPS) is 17.1. The van der Waals surface area contributed by atoms with Crippen LogP contribution in [-0.4, -0.2) is 57.7 Å². The molecular weight excluding hydrogens is 546 g/mol. The second-order valence-electron chi connectivity index (χ2n) is 11.2. The summed E-state index contributed by atoms with van der Waals surface area (Å²) in [6, 6.07) is 19.5. The second kappa shape index (κ2) is 13.3. The number of rotatable bonds is 11. The van der Waals surface area contributed by atoms with Crippen LogP contribution >= 0.6 is 0 Å². The Morgan fingerprint density at radius 2 is 1.70 bits per heavy atom. The SMILES string of the molecule is CC[C@@H](C)CCC[C@@H](C(=O)N1C(=O)OC[C@@H]1Cc1ccccc1)[C@H](O)c1cccc2nc3c(C(=O)OC)cccc3nc12. The van der Waals surface area contributed by atoms with Crippen molar-refractivity contribution in [1.82, 2.24) is 14.9 Å². The third-order valence-corrected chi connectivity index (χ3v) is 8.37. The maximum absolute atomic E-state index is 14.2. The topological polar surface area (TPSA) is 119 Å². The summed E-state index contributed by atoms with van der Waals surface area (Å²) in [5.74, 6) is -1.42. The monoisotopic (exact) mass is 583 g/mol. The number of hydrogen-bond acceptors (Lipinski definition) is 8. The Morgan fingerprint density at radius 3 is 2.42 bits per heavy atom. The van der Waals surface area contributed by atoms with Crippen LogP contribution < -0.4 is 0 Å². The number of carbonyl (C=O) groups is 3. The highest BCUT2D eigenvalue weighted by Gasteiger charge is 2.43. The molecule has 5 rings (SSSR count). The lowest BCUT2D eigenvalue weighted by molar-refractivity contribution is -0.137. The minimum atomic E-state index is -1.26. The molecule has 0 saturated carbocycles. The number of para-hydroxylation sites is 2. The molecule has 1 saturated heterocycles. The molecule has 2 amide bonds. The van der Waals surface area contributed by atoms with Gasteiger partial charge in [0, 0.05) is 5.56 Å². The largest absolute Gasteiger partial charge is 0.465 e. The van der Waals surface area contributed by atoms with Crippen molar-refractivity contribution < 1.29 is 29.0 Å². The number of carbonyl (C=O) groups excluding carboxylic acids is 3. The Hall–Kier alpha value is -4.37. The Bertz CT molecular complexity index is 1630. The zero-order valence-corrected chi connectivity index (χ0v) is 24.7. The van der Waals surface area contributed by atoms with Crippen LogP contribution in [0.15, 0.2) is 66.7 Å². The van der Waals surface area contributed by atoms with E-state index in [1.807, 2.05) is 30.3 Å². The molecule has 0 unspecified atom stereocenters. The van der Waals surface area contributed by atoms with Crippen molar-refractivity contribution in [3.63, 3.8) is 0 Å². The number of benzene rings is 3. The number of aliphatic hydroxyl groups excluding tert-OH is 1. The van der Waals surface area contributed by atoms with Crippen LogP contribution in [0.5, 0.6) is 0 Å². The highest BCUT2D eigenvalue weighted by molar-refractivity contribution is 6.03. The molecular formula is C34H37N3O6. The summed E-state index contributed by atoms with van der Waals surface area (Å²) in [4.78, 5) is 50.1. The molecule has 0 bridgehead atoms. The fourth-order valence-electron chi connectivity index (χ4n) is 5.72. The molecule has 2 heterocycles. The van der Waals surface area contributed by atoms with Crippen molar-refractivity contribution >= 4 is 40.0 Å². The summed E-state index contributed by atoms with van der Waals surface area (Å²) in [6.45, 7) is 4.39. The number of cyclic esters (lactones) is 1. The van der Waals surface area contributed by atoms with Crippen LogP contribution in [0.4, 0.5) is 4.79 Å². The Morgan fingerprint density at radius 1 is 1.00 bits per heavy atom. The number of ether oxygens (including phenoxy) is 2. The van der Waals surface area contributed by atoms with Gasteiger partial charge in [0.25, 0.3) is 0 Å². The molecule has 1 N–H and O–H groups in total. The van der Waals surface area contributed by atoms with E-state index in [0.29, 0.717) is 52.8 Å². The van der Waals surface area contributed by atoms with Gasteiger partial charge in [-0.2, -0.15) is 0 Å². The van der Waals surface area contributed by atoms with Crippen molar-refractivity contribution in [3.05, 3.63) is 83.4 Å². The average Bonchev–Trinajstić information content (AvgIpc) is 3.40. The van der Waals surface area contributed by atoms with E-state index in [9.17, 15) is 19.5 Å². The number of amides is 2. The van der Waals surface area contributed by atoms with Crippen molar-refractivity contribution in [1.29, 1.82) is 0 Å². The molecule has 0 spiro atoms. The van der Waals surface area contributed by atoms with Gasteiger partial charge < -0.3 is 14.6 Å². The fourth-order valence-corrected chi connectivity index (χ4v) is 5.72. The molecule has 0 radical (unpaired) electrons. The van der Waals surface area contributed by atoms with Gasteiger partial charge in [0.1, 0.15) is 12.1 Å². The van der Waals surface area contributed by atoms with Gasteiger partial charge in [-0.05, 0) is 42.5 Å². The van der Waals surface area contributed by atoms with Crippen LogP contribution in [0.25, 0.3) is 22.1 Å². The average molecular weight is 584 g/mol. The summed E-state index contributed by atoms with van der Waals surface area (Å²) >= 11 is 0. The second-order valence-corrected chi connectivity index (χ2v) is 11.2. The first-order chi connectivity index (χ1) is 20.8. The minimum Gasteiger partial charge on any atom is -0.465 e. The summed E-state index contributed by atoms with van der Waals surface area (Å²) in [6.07, 6.45) is 1.51. The zero-order valence-electron chi connectivity index (χ0n) is 24.7. The van der Waals surface area contributed by atoms with Crippen LogP contribution in [0.2, 0.25) is 0 Å². The van der Waals surface area contributed by atoms with Gasteiger partial charge in [-0.3, -0.25) is 4.79 Å². The van der Waals surface area contributed by atoms with E-state index in [0.717, 1.165) is 18.4 Å². The van der Waals surface area contributed by atoms with Gasteiger partial charge in [0.2, 0.25) is 5.91 Å². The molecule has 1 fully saturated rings. The number of aliphatic hydroxyl groups is 1. The van der Waals surface area contributed by atoms with E-state index in [1.54, 1.807) is 36.4 Å². The first kappa shape index (κ1) is 30.1. The van der Waals surface area contributed by atoms with Gasteiger partial charge >= 0.3 is 12.1 Å². The van der Waals surface area contributed by atoms with E-state index in [-0.39, 0.29) is 12.2 Å². The molecule has 1 aliphatic heterocycles. The van der Waals surface area contributed by atoms with Crippen LogP contribution in [0, 0.1) is 11.8 Å². The van der Waals surface area contributed by atoms with Gasteiger partial charge in [-0.25, -0.2) is 24.5 Å². The number of methoxy groups -OCH3 is 1. The quantitative estimate of drug-likeness (QED) is 0.168. The van der Waals surface area contributed by atoms with Gasteiger partial charge in [-0.15, -0.1) is 0 Å². The molecule has 9 heteroatoms. The Balaban J connectivity index is 1.52. The zero-order chi connectivity index (χ0) is 30.5.